The maximum atomic E-state index is 12.3. The number of carbonyl (C=O) groups is 1. The quantitative estimate of drug-likeness (QED) is 0.782. The average molecular weight is 335 g/mol. The van der Waals surface area contributed by atoms with Gasteiger partial charge < -0.3 is 5.32 Å². The fourth-order valence-corrected chi connectivity index (χ4v) is 4.24. The number of nitrogens with zero attached hydrogens (tertiary/aromatic N) is 4. The minimum absolute atomic E-state index is 0.108. The van der Waals surface area contributed by atoms with Crippen molar-refractivity contribution >= 4 is 32.5 Å². The molecule has 1 aromatic heterocycles. The smallest absolute Gasteiger partial charge is 0.323 e. The number of amides is 2. The average Bonchev–Trinajstić information content (AvgIpc) is 2.88. The Morgan fingerprint density at radius 1 is 1.38 bits per heavy atom. The van der Waals surface area contributed by atoms with Crippen LogP contribution in [0.4, 0.5) is 9.93 Å². The third kappa shape index (κ3) is 4.11. The van der Waals surface area contributed by atoms with Crippen LogP contribution in [0.25, 0.3) is 0 Å². The van der Waals surface area contributed by atoms with Gasteiger partial charge in [0.15, 0.2) is 0 Å². The summed E-state index contributed by atoms with van der Waals surface area (Å²) in [5.74, 6) is 0.204. The second-order valence-electron chi connectivity index (χ2n) is 4.83. The van der Waals surface area contributed by atoms with Gasteiger partial charge in [-0.1, -0.05) is 25.2 Å². The van der Waals surface area contributed by atoms with Gasteiger partial charge in [-0.25, -0.2) is 13.2 Å². The fraction of sp³-hybridized carbons (Fsp3) is 0.727. The van der Waals surface area contributed by atoms with Gasteiger partial charge in [0.25, 0.3) is 10.0 Å². The lowest BCUT2D eigenvalue weighted by Gasteiger charge is -2.17. The molecule has 0 saturated heterocycles. The monoisotopic (exact) mass is 335 g/mol. The summed E-state index contributed by atoms with van der Waals surface area (Å²) in [6.45, 7) is 6.40. The number of sulfonamides is 1. The summed E-state index contributed by atoms with van der Waals surface area (Å²) in [5, 5.41) is 10.3. The van der Waals surface area contributed by atoms with Gasteiger partial charge in [-0.05, 0) is 12.8 Å². The van der Waals surface area contributed by atoms with Crippen molar-refractivity contribution in [3.05, 3.63) is 0 Å². The second kappa shape index (κ2) is 7.14. The molecular weight excluding hydrogens is 314 g/mol. The highest BCUT2D eigenvalue weighted by Gasteiger charge is 2.28. The summed E-state index contributed by atoms with van der Waals surface area (Å²) in [6, 6.07) is -0.354. The maximum Gasteiger partial charge on any atom is 0.323 e. The van der Waals surface area contributed by atoms with Gasteiger partial charge in [-0.3, -0.25) is 4.90 Å². The molecule has 8 nitrogen and oxygen atoms in total. The first kappa shape index (κ1) is 17.8. The number of rotatable bonds is 6. The molecule has 10 heteroatoms. The fourth-order valence-electron chi connectivity index (χ4n) is 1.66. The number of hydrogen-bond donors (Lipinski definition) is 1. The summed E-state index contributed by atoms with van der Waals surface area (Å²) < 4.78 is 25.8. The summed E-state index contributed by atoms with van der Waals surface area (Å²) in [4.78, 5) is 13.0. The van der Waals surface area contributed by atoms with E-state index in [0.717, 1.165) is 11.3 Å². The van der Waals surface area contributed by atoms with Gasteiger partial charge in [-0.15, -0.1) is 10.2 Å². The number of nitrogens with one attached hydrogen (secondary N) is 1. The Hall–Kier alpha value is -1.26. The zero-order valence-corrected chi connectivity index (χ0v) is 14.5. The van der Waals surface area contributed by atoms with Gasteiger partial charge in [0, 0.05) is 27.2 Å². The van der Waals surface area contributed by atoms with Crippen LogP contribution in [0.15, 0.2) is 4.34 Å². The topological polar surface area (TPSA) is 95.5 Å². The minimum Gasteiger partial charge on any atom is -0.341 e. The van der Waals surface area contributed by atoms with Gasteiger partial charge in [0.1, 0.15) is 0 Å². The van der Waals surface area contributed by atoms with Gasteiger partial charge in [-0.2, -0.15) is 4.31 Å². The molecule has 21 heavy (non-hydrogen) atoms. The largest absolute Gasteiger partial charge is 0.341 e. The van der Waals surface area contributed by atoms with Crippen LogP contribution in [0.1, 0.15) is 20.8 Å². The maximum absolute atomic E-state index is 12.3. The zero-order chi connectivity index (χ0) is 16.2. The third-order valence-corrected chi connectivity index (χ3v) is 5.77. The molecule has 0 aromatic carbocycles. The van der Waals surface area contributed by atoms with Crippen LogP contribution in [0, 0.1) is 5.92 Å². The van der Waals surface area contributed by atoms with E-state index < -0.39 is 10.0 Å². The first-order valence-electron chi connectivity index (χ1n) is 6.53. The van der Waals surface area contributed by atoms with Crippen LogP contribution in [0.2, 0.25) is 0 Å². The Bertz CT molecular complexity index is 584. The molecule has 0 atom stereocenters. The van der Waals surface area contributed by atoms with Crippen molar-refractivity contribution in [2.24, 2.45) is 5.92 Å². The molecule has 120 valence electrons. The second-order valence-corrected chi connectivity index (χ2v) is 8.00. The Labute approximate surface area is 129 Å². The van der Waals surface area contributed by atoms with E-state index in [-0.39, 0.29) is 21.4 Å². The van der Waals surface area contributed by atoms with Crippen LogP contribution in [0.3, 0.4) is 0 Å². The van der Waals surface area contributed by atoms with Crippen LogP contribution >= 0.6 is 11.3 Å². The highest BCUT2D eigenvalue weighted by molar-refractivity contribution is 7.91. The van der Waals surface area contributed by atoms with E-state index in [9.17, 15) is 13.2 Å². The molecule has 0 unspecified atom stereocenters. The Morgan fingerprint density at radius 3 is 2.48 bits per heavy atom. The molecule has 0 bridgehead atoms. The number of aromatic nitrogens is 2. The lowest BCUT2D eigenvalue weighted by atomic mass is 10.2. The van der Waals surface area contributed by atoms with Crippen molar-refractivity contribution in [1.82, 2.24) is 19.8 Å². The standard InChI is InChI=1S/C11H21N5O3S2/c1-6-16(9(17)12-4)10-13-14-11(20-10)21(18,19)15(5)7-8(2)3/h8H,6-7H2,1-5H3,(H,12,17). The van der Waals surface area contributed by atoms with Crippen LogP contribution < -0.4 is 10.2 Å². The first-order valence-corrected chi connectivity index (χ1v) is 8.78. The van der Waals surface area contributed by atoms with Crippen molar-refractivity contribution in [2.45, 2.75) is 25.1 Å². The van der Waals surface area contributed by atoms with Gasteiger partial charge in [0.05, 0.1) is 0 Å². The predicted molar refractivity (Wildman–Crippen MR) is 82.0 cm³/mol. The van der Waals surface area contributed by atoms with E-state index in [2.05, 4.69) is 15.5 Å². The molecule has 0 aliphatic carbocycles. The molecule has 1 rings (SSSR count). The van der Waals surface area contributed by atoms with Gasteiger partial charge >= 0.3 is 6.03 Å². The highest BCUT2D eigenvalue weighted by Crippen LogP contribution is 2.25. The van der Waals surface area contributed by atoms with Crippen molar-refractivity contribution < 1.29 is 13.2 Å². The van der Waals surface area contributed by atoms with Gasteiger partial charge in [0.2, 0.25) is 9.47 Å². The number of carbonyl (C=O) groups excluding carboxylic acids is 1. The van der Waals surface area contributed by atoms with Crippen molar-refractivity contribution in [1.29, 1.82) is 0 Å². The molecule has 1 heterocycles. The molecule has 1 aromatic rings. The molecule has 0 spiro atoms. The van der Waals surface area contributed by atoms with E-state index in [1.54, 1.807) is 6.92 Å². The van der Waals surface area contributed by atoms with Crippen LogP contribution in [-0.2, 0) is 10.0 Å². The molecule has 0 aliphatic rings. The Kier molecular flexibility index (Phi) is 6.05. The molecule has 0 saturated carbocycles. The number of anilines is 1. The first-order chi connectivity index (χ1) is 9.73. The number of urea groups is 1. The van der Waals surface area contributed by atoms with E-state index in [4.69, 9.17) is 0 Å². The summed E-state index contributed by atoms with van der Waals surface area (Å²) in [5.41, 5.74) is 0. The zero-order valence-electron chi connectivity index (χ0n) is 12.8. The van der Waals surface area contributed by atoms with Crippen LogP contribution in [-0.4, -0.2) is 56.1 Å². The predicted octanol–water partition coefficient (Wildman–Crippen LogP) is 0.980. The lowest BCUT2D eigenvalue weighted by molar-refractivity contribution is 0.248. The minimum atomic E-state index is -3.67. The molecule has 1 N–H and O–H groups in total. The molecule has 0 aliphatic heterocycles. The normalized spacial score (nSPS) is 12.0. The molecule has 0 fully saturated rings. The van der Waals surface area contributed by atoms with E-state index in [0.29, 0.717) is 13.1 Å². The van der Waals surface area contributed by atoms with Crippen LogP contribution in [0.5, 0.6) is 0 Å². The number of hydrogen-bond acceptors (Lipinski definition) is 6. The van der Waals surface area contributed by atoms with E-state index in [1.807, 2.05) is 13.8 Å². The summed E-state index contributed by atoms with van der Waals surface area (Å²) in [6.07, 6.45) is 0. The summed E-state index contributed by atoms with van der Waals surface area (Å²) >= 11 is 0.885. The molecule has 2 amide bonds. The van der Waals surface area contributed by atoms with Crippen molar-refractivity contribution in [3.63, 3.8) is 0 Å². The highest BCUT2D eigenvalue weighted by atomic mass is 32.2. The Balaban J connectivity index is 3.04. The third-order valence-electron chi connectivity index (χ3n) is 2.66. The molecule has 0 radical (unpaired) electrons. The van der Waals surface area contributed by atoms with Crippen molar-refractivity contribution in [3.8, 4) is 0 Å². The summed E-state index contributed by atoms with van der Waals surface area (Å²) in [7, 11) is -0.661. The molecular formula is C11H21N5O3S2. The van der Waals surface area contributed by atoms with E-state index in [1.165, 1.54) is 23.3 Å². The SMILES string of the molecule is CCN(C(=O)NC)c1nnc(S(=O)(=O)N(C)CC(C)C)s1. The van der Waals surface area contributed by atoms with Crippen molar-refractivity contribution in [2.75, 3.05) is 32.1 Å². The van der Waals surface area contributed by atoms with E-state index >= 15 is 0 Å². The Morgan fingerprint density at radius 2 is 2.00 bits per heavy atom. The lowest BCUT2D eigenvalue weighted by Crippen LogP contribution is -2.37.